The summed E-state index contributed by atoms with van der Waals surface area (Å²) >= 11 is 0. The number of nitrogens with zero attached hydrogens (tertiary/aromatic N) is 2. The lowest BCUT2D eigenvalue weighted by Crippen LogP contribution is -2.21. The Balaban J connectivity index is 2.87. The molecule has 1 aromatic rings. The molecule has 0 heterocycles. The van der Waals surface area contributed by atoms with Gasteiger partial charge in [-0.15, -0.1) is 5.10 Å². The van der Waals surface area contributed by atoms with Crippen molar-refractivity contribution in [3.63, 3.8) is 0 Å². The first-order valence-corrected chi connectivity index (χ1v) is 5.21. The van der Waals surface area contributed by atoms with E-state index in [9.17, 15) is 0 Å². The van der Waals surface area contributed by atoms with E-state index < -0.39 is 0 Å². The van der Waals surface area contributed by atoms with E-state index in [2.05, 4.69) is 16.8 Å². The maximum absolute atomic E-state index is 5.42. The lowest BCUT2D eigenvalue weighted by Gasteiger charge is -2.09. The Labute approximate surface area is 106 Å². The molecule has 0 aliphatic rings. The maximum Gasteiger partial charge on any atom is 0.211 e. The molecule has 0 aliphatic carbocycles. The maximum atomic E-state index is 5.42. The zero-order valence-corrected chi connectivity index (χ0v) is 10.2. The summed E-state index contributed by atoms with van der Waals surface area (Å²) in [6, 6.07) is 5.36. The van der Waals surface area contributed by atoms with Gasteiger partial charge in [0.05, 0.1) is 13.3 Å². The molecule has 0 bridgehead atoms. The van der Waals surface area contributed by atoms with E-state index in [1.54, 1.807) is 25.3 Å². The molecule has 1 aromatic carbocycles. The molecule has 6 heteroatoms. The average Bonchev–Trinajstić information content (AvgIpc) is 2.36. The number of hydrogen-bond donors (Lipinski definition) is 2. The topological polar surface area (TPSA) is 95.2 Å². The second-order valence-corrected chi connectivity index (χ2v) is 3.28. The van der Waals surface area contributed by atoms with Crippen molar-refractivity contribution in [1.82, 2.24) is 0 Å². The van der Waals surface area contributed by atoms with Gasteiger partial charge in [0.15, 0.2) is 11.5 Å². The van der Waals surface area contributed by atoms with Gasteiger partial charge in [-0.25, -0.2) is 0 Å². The van der Waals surface area contributed by atoms with E-state index in [1.807, 2.05) is 6.07 Å². The van der Waals surface area contributed by atoms with Gasteiger partial charge in [0.1, 0.15) is 6.61 Å². The van der Waals surface area contributed by atoms with Gasteiger partial charge in [0.25, 0.3) is 0 Å². The van der Waals surface area contributed by atoms with Crippen molar-refractivity contribution in [3.05, 3.63) is 36.4 Å². The van der Waals surface area contributed by atoms with E-state index in [0.717, 1.165) is 5.56 Å². The molecule has 0 spiro atoms. The molecule has 96 valence electrons. The third-order valence-corrected chi connectivity index (χ3v) is 1.92. The Morgan fingerprint density at radius 2 is 2.17 bits per heavy atom. The number of nitrogens with two attached hydrogens (primary N) is 2. The van der Waals surface area contributed by atoms with Gasteiger partial charge in [0.2, 0.25) is 5.96 Å². The fourth-order valence-corrected chi connectivity index (χ4v) is 1.19. The van der Waals surface area contributed by atoms with E-state index in [-0.39, 0.29) is 5.96 Å². The van der Waals surface area contributed by atoms with Crippen LogP contribution in [-0.2, 0) is 0 Å². The van der Waals surface area contributed by atoms with E-state index in [0.29, 0.717) is 18.1 Å². The van der Waals surface area contributed by atoms with Crippen molar-refractivity contribution in [2.24, 2.45) is 21.7 Å². The van der Waals surface area contributed by atoms with Crippen LogP contribution in [0.3, 0.4) is 0 Å². The standard InChI is InChI=1S/C12H16N4O2/c1-3-6-18-10-5-4-9(7-11(10)17-2)8-15-16-12(13)14/h3-5,7-8H,1,6H2,2H3,(H4,13,14,16)/b15-8-. The van der Waals surface area contributed by atoms with Crippen LogP contribution in [0.2, 0.25) is 0 Å². The molecule has 6 nitrogen and oxygen atoms in total. The Kier molecular flexibility index (Phi) is 5.24. The van der Waals surface area contributed by atoms with Gasteiger partial charge < -0.3 is 20.9 Å². The first kappa shape index (κ1) is 13.6. The third kappa shape index (κ3) is 4.17. The summed E-state index contributed by atoms with van der Waals surface area (Å²) in [5.41, 5.74) is 11.1. The van der Waals surface area contributed by atoms with Crippen molar-refractivity contribution < 1.29 is 9.47 Å². The summed E-state index contributed by atoms with van der Waals surface area (Å²) in [6.07, 6.45) is 3.17. The Hall–Kier alpha value is -2.50. The van der Waals surface area contributed by atoms with Crippen LogP contribution in [0, 0.1) is 0 Å². The Bertz CT molecular complexity index is 465. The van der Waals surface area contributed by atoms with Crippen molar-refractivity contribution in [1.29, 1.82) is 0 Å². The molecule has 0 fully saturated rings. The van der Waals surface area contributed by atoms with Crippen LogP contribution in [0.5, 0.6) is 11.5 Å². The summed E-state index contributed by atoms with van der Waals surface area (Å²) in [4.78, 5) is 0. The van der Waals surface area contributed by atoms with Gasteiger partial charge in [-0.2, -0.15) is 5.10 Å². The van der Waals surface area contributed by atoms with E-state index in [1.165, 1.54) is 6.21 Å². The van der Waals surface area contributed by atoms with Crippen LogP contribution < -0.4 is 20.9 Å². The molecule has 1 rings (SSSR count). The molecule has 0 aromatic heterocycles. The van der Waals surface area contributed by atoms with Crippen LogP contribution in [-0.4, -0.2) is 25.9 Å². The highest BCUT2D eigenvalue weighted by molar-refractivity contribution is 5.82. The van der Waals surface area contributed by atoms with Crippen LogP contribution in [0.1, 0.15) is 5.56 Å². The number of hydrogen-bond acceptors (Lipinski definition) is 4. The van der Waals surface area contributed by atoms with Gasteiger partial charge in [-0.1, -0.05) is 12.7 Å². The molecule has 0 amide bonds. The van der Waals surface area contributed by atoms with Gasteiger partial charge in [0, 0.05) is 0 Å². The Morgan fingerprint density at radius 3 is 2.78 bits per heavy atom. The monoisotopic (exact) mass is 248 g/mol. The fraction of sp³-hybridized carbons (Fsp3) is 0.167. The summed E-state index contributed by atoms with van der Waals surface area (Å²) < 4.78 is 10.6. The fourth-order valence-electron chi connectivity index (χ4n) is 1.19. The summed E-state index contributed by atoms with van der Waals surface area (Å²) in [6.45, 7) is 3.99. The van der Waals surface area contributed by atoms with E-state index in [4.69, 9.17) is 20.9 Å². The first-order chi connectivity index (χ1) is 8.67. The van der Waals surface area contributed by atoms with Gasteiger partial charge >= 0.3 is 0 Å². The number of methoxy groups -OCH3 is 1. The smallest absolute Gasteiger partial charge is 0.211 e. The second-order valence-electron chi connectivity index (χ2n) is 3.28. The van der Waals surface area contributed by atoms with Crippen molar-refractivity contribution in [2.75, 3.05) is 13.7 Å². The predicted molar refractivity (Wildman–Crippen MR) is 72.1 cm³/mol. The van der Waals surface area contributed by atoms with Crippen LogP contribution in [0.15, 0.2) is 41.1 Å². The minimum Gasteiger partial charge on any atom is -0.493 e. The van der Waals surface area contributed by atoms with Crippen molar-refractivity contribution >= 4 is 12.2 Å². The van der Waals surface area contributed by atoms with Crippen molar-refractivity contribution in [2.45, 2.75) is 0 Å². The largest absolute Gasteiger partial charge is 0.493 e. The third-order valence-electron chi connectivity index (χ3n) is 1.92. The normalized spacial score (nSPS) is 10.1. The molecule has 0 atom stereocenters. The lowest BCUT2D eigenvalue weighted by atomic mass is 10.2. The second kappa shape index (κ2) is 6.95. The SMILES string of the molecule is C=CCOc1ccc(/C=N\N=C(N)N)cc1OC. The summed E-state index contributed by atoms with van der Waals surface area (Å²) in [5, 5.41) is 7.21. The molecule has 18 heavy (non-hydrogen) atoms. The molecular formula is C12H16N4O2. The number of guanidine groups is 1. The zero-order valence-electron chi connectivity index (χ0n) is 10.2. The molecule has 0 radical (unpaired) electrons. The van der Waals surface area contributed by atoms with Crippen LogP contribution >= 0.6 is 0 Å². The summed E-state index contributed by atoms with van der Waals surface area (Å²) in [7, 11) is 1.56. The molecular weight excluding hydrogens is 232 g/mol. The molecule has 0 saturated heterocycles. The van der Waals surface area contributed by atoms with Gasteiger partial charge in [-0.05, 0) is 23.8 Å². The summed E-state index contributed by atoms with van der Waals surface area (Å²) in [5.74, 6) is 1.14. The van der Waals surface area contributed by atoms with E-state index >= 15 is 0 Å². The first-order valence-electron chi connectivity index (χ1n) is 5.21. The number of ether oxygens (including phenoxy) is 2. The highest BCUT2D eigenvalue weighted by Gasteiger charge is 2.03. The van der Waals surface area contributed by atoms with Gasteiger partial charge in [-0.3, -0.25) is 0 Å². The molecule has 0 saturated carbocycles. The predicted octanol–water partition coefficient (Wildman–Crippen LogP) is 0.867. The zero-order chi connectivity index (χ0) is 13.4. The average molecular weight is 248 g/mol. The number of benzene rings is 1. The Morgan fingerprint density at radius 1 is 1.39 bits per heavy atom. The van der Waals surface area contributed by atoms with Crippen molar-refractivity contribution in [3.8, 4) is 11.5 Å². The highest BCUT2D eigenvalue weighted by Crippen LogP contribution is 2.27. The lowest BCUT2D eigenvalue weighted by molar-refractivity contribution is 0.326. The molecule has 0 unspecified atom stereocenters. The highest BCUT2D eigenvalue weighted by atomic mass is 16.5. The molecule has 0 aliphatic heterocycles. The minimum absolute atomic E-state index is 0.0934. The minimum atomic E-state index is -0.0934. The quantitative estimate of drug-likeness (QED) is 0.338. The van der Waals surface area contributed by atoms with Crippen LogP contribution in [0.4, 0.5) is 0 Å². The number of rotatable bonds is 6. The molecule has 4 N–H and O–H groups in total. The van der Waals surface area contributed by atoms with Crippen LogP contribution in [0.25, 0.3) is 0 Å².